The van der Waals surface area contributed by atoms with Gasteiger partial charge in [0.25, 0.3) is 0 Å². The maximum atomic E-state index is 4.33. The molecule has 0 N–H and O–H groups in total. The minimum Gasteiger partial charge on any atom is -0.314 e. The molecule has 2 aliphatic heterocycles. The van der Waals surface area contributed by atoms with Crippen molar-refractivity contribution < 1.29 is 0 Å². The lowest BCUT2D eigenvalue weighted by atomic mass is 9.68. The Morgan fingerprint density at radius 1 is 1.07 bits per heavy atom. The van der Waals surface area contributed by atoms with Crippen LogP contribution in [0, 0.1) is 11.8 Å². The zero-order chi connectivity index (χ0) is 9.12. The van der Waals surface area contributed by atoms with E-state index in [2.05, 4.69) is 14.8 Å². The zero-order valence-corrected chi connectivity index (χ0v) is 8.26. The van der Waals surface area contributed by atoms with E-state index in [0.717, 1.165) is 23.8 Å². The molecule has 2 aliphatic carbocycles. The Bertz CT molecular complexity index is 326. The van der Waals surface area contributed by atoms with Gasteiger partial charge in [0.15, 0.2) is 0 Å². The van der Waals surface area contributed by atoms with Gasteiger partial charge < -0.3 is 4.57 Å². The fourth-order valence-corrected chi connectivity index (χ4v) is 4.08. The number of aromatic nitrogens is 3. The van der Waals surface area contributed by atoms with Gasteiger partial charge in [0.05, 0.1) is 0 Å². The van der Waals surface area contributed by atoms with Crippen LogP contribution in [0.2, 0.25) is 0 Å². The standard InChI is InChI=1S/C11H15N3/c1-7-2-9-3-8(1)5-10(4-7)14-6-12-13-11(9)14/h6-10H,1-5H2. The number of hydrogen-bond acceptors (Lipinski definition) is 2. The van der Waals surface area contributed by atoms with Crippen molar-refractivity contribution in [2.45, 2.75) is 44.1 Å². The van der Waals surface area contributed by atoms with Gasteiger partial charge in [-0.1, -0.05) is 0 Å². The van der Waals surface area contributed by atoms with Crippen LogP contribution in [0.15, 0.2) is 6.33 Å². The second-order valence-corrected chi connectivity index (χ2v) is 5.36. The number of hydrogen-bond donors (Lipinski definition) is 0. The van der Waals surface area contributed by atoms with Crippen molar-refractivity contribution in [1.29, 1.82) is 0 Å². The average molecular weight is 189 g/mol. The van der Waals surface area contributed by atoms with Gasteiger partial charge in [-0.2, -0.15) is 0 Å². The molecular weight excluding hydrogens is 174 g/mol. The van der Waals surface area contributed by atoms with E-state index in [4.69, 9.17) is 0 Å². The average Bonchev–Trinajstić information content (AvgIpc) is 2.58. The largest absolute Gasteiger partial charge is 0.314 e. The molecule has 2 atom stereocenters. The van der Waals surface area contributed by atoms with E-state index >= 15 is 0 Å². The third-order valence-corrected chi connectivity index (χ3v) is 4.47. The van der Waals surface area contributed by atoms with Gasteiger partial charge >= 0.3 is 0 Å². The van der Waals surface area contributed by atoms with Crippen LogP contribution in [-0.4, -0.2) is 14.8 Å². The van der Waals surface area contributed by atoms with Gasteiger partial charge in [-0.05, 0) is 43.9 Å². The van der Waals surface area contributed by atoms with Crippen LogP contribution in [0.25, 0.3) is 0 Å². The van der Waals surface area contributed by atoms with E-state index in [1.807, 2.05) is 6.33 Å². The topological polar surface area (TPSA) is 30.7 Å². The highest BCUT2D eigenvalue weighted by Crippen LogP contribution is 2.52. The van der Waals surface area contributed by atoms with Gasteiger partial charge in [0.2, 0.25) is 0 Å². The van der Waals surface area contributed by atoms with Gasteiger partial charge in [-0.25, -0.2) is 0 Å². The van der Waals surface area contributed by atoms with Crippen LogP contribution < -0.4 is 0 Å². The lowest BCUT2D eigenvalue weighted by Crippen LogP contribution is -2.26. The summed E-state index contributed by atoms with van der Waals surface area (Å²) < 4.78 is 2.38. The first-order chi connectivity index (χ1) is 6.90. The lowest BCUT2D eigenvalue weighted by molar-refractivity contribution is 0.150. The first kappa shape index (κ1) is 7.43. The maximum absolute atomic E-state index is 4.33. The van der Waals surface area contributed by atoms with Crippen LogP contribution in [0.1, 0.15) is 49.9 Å². The summed E-state index contributed by atoms with van der Waals surface area (Å²) in [7, 11) is 0. The van der Waals surface area contributed by atoms with Crippen molar-refractivity contribution in [3.8, 4) is 0 Å². The highest BCUT2D eigenvalue weighted by Gasteiger charge is 2.42. The molecule has 3 heterocycles. The van der Waals surface area contributed by atoms with Crippen molar-refractivity contribution in [3.05, 3.63) is 12.2 Å². The van der Waals surface area contributed by atoms with Crippen LogP contribution in [0.3, 0.4) is 0 Å². The van der Waals surface area contributed by atoms with Gasteiger partial charge in [0.1, 0.15) is 12.2 Å². The molecule has 0 amide bonds. The molecule has 0 radical (unpaired) electrons. The molecule has 0 aromatic carbocycles. The minimum atomic E-state index is 0.730. The highest BCUT2D eigenvalue weighted by molar-refractivity contribution is 5.08. The summed E-state index contributed by atoms with van der Waals surface area (Å²) in [5.74, 6) is 3.99. The molecule has 0 spiro atoms. The molecule has 74 valence electrons. The Balaban J connectivity index is 1.90. The number of rotatable bonds is 0. The molecular formula is C11H15N3. The van der Waals surface area contributed by atoms with Crippen molar-refractivity contribution in [2.75, 3.05) is 0 Å². The summed E-state index contributed by atoms with van der Waals surface area (Å²) in [6.45, 7) is 0. The molecule has 4 aliphatic rings. The lowest BCUT2D eigenvalue weighted by Gasteiger charge is -2.37. The molecule has 3 heteroatoms. The fourth-order valence-electron chi connectivity index (χ4n) is 4.08. The van der Waals surface area contributed by atoms with Crippen molar-refractivity contribution in [2.24, 2.45) is 11.8 Å². The summed E-state index contributed by atoms with van der Waals surface area (Å²) in [6.07, 6.45) is 8.99. The normalized spacial score (nSPS) is 43.7. The second-order valence-electron chi connectivity index (χ2n) is 5.36. The molecule has 2 unspecified atom stereocenters. The van der Waals surface area contributed by atoms with E-state index in [1.165, 1.54) is 37.9 Å². The summed E-state index contributed by atoms with van der Waals surface area (Å²) in [6, 6.07) is 0.733. The van der Waals surface area contributed by atoms with Crippen molar-refractivity contribution in [1.82, 2.24) is 14.8 Å². The first-order valence-corrected chi connectivity index (χ1v) is 5.79. The molecule has 3 nitrogen and oxygen atoms in total. The van der Waals surface area contributed by atoms with Crippen LogP contribution in [-0.2, 0) is 0 Å². The quantitative estimate of drug-likeness (QED) is 0.626. The smallest absolute Gasteiger partial charge is 0.136 e. The van der Waals surface area contributed by atoms with Gasteiger partial charge in [0, 0.05) is 12.0 Å². The molecule has 14 heavy (non-hydrogen) atoms. The predicted octanol–water partition coefficient (Wildman–Crippen LogP) is 2.13. The Morgan fingerprint density at radius 2 is 1.86 bits per heavy atom. The van der Waals surface area contributed by atoms with Gasteiger partial charge in [-0.15, -0.1) is 10.2 Å². The molecule has 5 rings (SSSR count). The monoisotopic (exact) mass is 189 g/mol. The third kappa shape index (κ3) is 0.830. The van der Waals surface area contributed by atoms with Crippen LogP contribution >= 0.6 is 0 Å². The predicted molar refractivity (Wildman–Crippen MR) is 51.9 cm³/mol. The van der Waals surface area contributed by atoms with Crippen molar-refractivity contribution in [3.63, 3.8) is 0 Å². The summed E-state index contributed by atoms with van der Waals surface area (Å²) in [5.41, 5.74) is 0. The first-order valence-electron chi connectivity index (χ1n) is 5.79. The fraction of sp³-hybridized carbons (Fsp3) is 0.818. The second kappa shape index (κ2) is 2.38. The van der Waals surface area contributed by atoms with E-state index in [0.29, 0.717) is 0 Å². The Labute approximate surface area is 83.5 Å². The Kier molecular flexibility index (Phi) is 1.27. The third-order valence-electron chi connectivity index (χ3n) is 4.47. The molecule has 0 saturated heterocycles. The Hall–Kier alpha value is -0.860. The molecule has 1 aromatic rings. The van der Waals surface area contributed by atoms with Crippen molar-refractivity contribution >= 4 is 0 Å². The molecule has 4 bridgehead atoms. The number of nitrogens with zero attached hydrogens (tertiary/aromatic N) is 3. The highest BCUT2D eigenvalue weighted by atomic mass is 15.3. The summed E-state index contributed by atoms with van der Waals surface area (Å²) in [4.78, 5) is 0. The molecule has 1 aromatic heterocycles. The van der Waals surface area contributed by atoms with E-state index < -0.39 is 0 Å². The zero-order valence-electron chi connectivity index (χ0n) is 8.26. The van der Waals surface area contributed by atoms with Crippen LogP contribution in [0.4, 0.5) is 0 Å². The minimum absolute atomic E-state index is 0.730. The van der Waals surface area contributed by atoms with Crippen LogP contribution in [0.5, 0.6) is 0 Å². The van der Waals surface area contributed by atoms with Gasteiger partial charge in [-0.3, -0.25) is 0 Å². The molecule has 2 saturated carbocycles. The van der Waals surface area contributed by atoms with E-state index in [9.17, 15) is 0 Å². The van der Waals surface area contributed by atoms with E-state index in [1.54, 1.807) is 0 Å². The summed E-state index contributed by atoms with van der Waals surface area (Å²) >= 11 is 0. The molecule has 2 fully saturated rings. The Morgan fingerprint density at radius 3 is 2.64 bits per heavy atom. The maximum Gasteiger partial charge on any atom is 0.136 e. The SMILES string of the molecule is c1nnc2n1C1CC3CC(CC2C3)C1. The van der Waals surface area contributed by atoms with E-state index in [-0.39, 0.29) is 0 Å². The summed E-state index contributed by atoms with van der Waals surface area (Å²) in [5, 5.41) is 8.41.